The standard InChI is InChI=1S/C23H27N7O5/c1-14(2)12-30-19(25)18(21(32)27(3)23(30)33)16(31)13-28-6-8-29(9-7-28)22-15(11-24)26-20(35-22)17-5-4-10-34-17/h4-5,10,14H,6-9,12-13,25H2,1-3H3. The van der Waals surface area contributed by atoms with Gasteiger partial charge in [-0.2, -0.15) is 10.2 Å². The van der Waals surface area contributed by atoms with Gasteiger partial charge in [0, 0.05) is 39.8 Å². The molecule has 35 heavy (non-hydrogen) atoms. The summed E-state index contributed by atoms with van der Waals surface area (Å²) in [5.74, 6) is 0.569. The van der Waals surface area contributed by atoms with Gasteiger partial charge in [-0.25, -0.2) is 4.79 Å². The molecule has 184 valence electrons. The summed E-state index contributed by atoms with van der Waals surface area (Å²) >= 11 is 0. The van der Waals surface area contributed by atoms with Gasteiger partial charge in [0.15, 0.2) is 11.5 Å². The van der Waals surface area contributed by atoms with Gasteiger partial charge >= 0.3 is 5.69 Å². The molecule has 3 aromatic rings. The first-order valence-corrected chi connectivity index (χ1v) is 11.3. The van der Waals surface area contributed by atoms with Gasteiger partial charge in [-0.15, -0.1) is 0 Å². The number of piperazine rings is 1. The third-order valence-electron chi connectivity index (χ3n) is 5.88. The number of nitrogens with two attached hydrogens (primary N) is 1. The molecule has 0 amide bonds. The maximum Gasteiger partial charge on any atom is 0.332 e. The Labute approximate surface area is 200 Å². The zero-order chi connectivity index (χ0) is 25.3. The van der Waals surface area contributed by atoms with Crippen LogP contribution in [-0.2, 0) is 13.6 Å². The van der Waals surface area contributed by atoms with Crippen molar-refractivity contribution in [1.29, 1.82) is 5.26 Å². The minimum Gasteiger partial charge on any atom is -0.459 e. The summed E-state index contributed by atoms with van der Waals surface area (Å²) in [6, 6.07) is 5.45. The average molecular weight is 482 g/mol. The van der Waals surface area contributed by atoms with E-state index in [0.29, 0.717) is 44.4 Å². The van der Waals surface area contributed by atoms with Crippen LogP contribution in [0.3, 0.4) is 0 Å². The van der Waals surface area contributed by atoms with Crippen molar-refractivity contribution in [3.63, 3.8) is 0 Å². The Morgan fingerprint density at radius 2 is 1.97 bits per heavy atom. The van der Waals surface area contributed by atoms with Crippen LogP contribution >= 0.6 is 0 Å². The number of hydrogen-bond acceptors (Lipinski definition) is 10. The van der Waals surface area contributed by atoms with Gasteiger partial charge in [0.05, 0.1) is 12.8 Å². The second-order valence-electron chi connectivity index (χ2n) is 8.86. The monoisotopic (exact) mass is 481 g/mol. The maximum atomic E-state index is 13.1. The number of nitrogen functional groups attached to an aromatic ring is 1. The molecule has 1 aliphatic heterocycles. The fourth-order valence-corrected chi connectivity index (χ4v) is 4.08. The molecule has 4 heterocycles. The number of carbonyl (C=O) groups excluding carboxylic acids is 1. The predicted molar refractivity (Wildman–Crippen MR) is 127 cm³/mol. The number of hydrogen-bond donors (Lipinski definition) is 1. The number of rotatable bonds is 7. The molecule has 0 spiro atoms. The van der Waals surface area contributed by atoms with E-state index in [2.05, 4.69) is 4.98 Å². The van der Waals surface area contributed by atoms with Crippen LogP contribution in [0.5, 0.6) is 0 Å². The molecule has 1 saturated heterocycles. The summed E-state index contributed by atoms with van der Waals surface area (Å²) in [4.78, 5) is 46.3. The van der Waals surface area contributed by atoms with Crippen LogP contribution < -0.4 is 21.9 Å². The average Bonchev–Trinajstić information content (AvgIpc) is 3.51. The van der Waals surface area contributed by atoms with Gasteiger partial charge in [-0.05, 0) is 18.1 Å². The number of carbonyl (C=O) groups is 1. The Morgan fingerprint density at radius 1 is 1.26 bits per heavy atom. The SMILES string of the molecule is CC(C)Cn1c(N)c(C(=O)CN2CCN(c3oc(-c4ccco4)nc3C#N)CC2)c(=O)n(C)c1=O. The van der Waals surface area contributed by atoms with Gasteiger partial charge in [-0.1, -0.05) is 13.8 Å². The summed E-state index contributed by atoms with van der Waals surface area (Å²) in [7, 11) is 1.34. The molecule has 4 rings (SSSR count). The third kappa shape index (κ3) is 4.63. The van der Waals surface area contributed by atoms with Crippen LogP contribution in [0.1, 0.15) is 29.9 Å². The number of anilines is 2. The van der Waals surface area contributed by atoms with E-state index in [0.717, 1.165) is 4.57 Å². The molecular formula is C23H27N7O5. The smallest absolute Gasteiger partial charge is 0.332 e. The number of nitriles is 1. The third-order valence-corrected chi connectivity index (χ3v) is 5.88. The van der Waals surface area contributed by atoms with E-state index in [1.807, 2.05) is 29.7 Å². The lowest BCUT2D eigenvalue weighted by atomic mass is 10.1. The first-order valence-electron chi connectivity index (χ1n) is 11.3. The molecule has 0 bridgehead atoms. The van der Waals surface area contributed by atoms with Crippen LogP contribution in [-0.4, -0.2) is 57.5 Å². The van der Waals surface area contributed by atoms with Crippen LogP contribution in [0.2, 0.25) is 0 Å². The van der Waals surface area contributed by atoms with E-state index in [9.17, 15) is 19.6 Å². The first kappa shape index (κ1) is 24.0. The van der Waals surface area contributed by atoms with E-state index < -0.39 is 17.0 Å². The fraction of sp³-hybridized carbons (Fsp3) is 0.435. The van der Waals surface area contributed by atoms with Crippen molar-refractivity contribution in [3.05, 3.63) is 50.5 Å². The Hall–Kier alpha value is -4.11. The Balaban J connectivity index is 1.48. The highest BCUT2D eigenvalue weighted by Crippen LogP contribution is 2.29. The highest BCUT2D eigenvalue weighted by atomic mass is 16.4. The van der Waals surface area contributed by atoms with Gasteiger partial charge in [0.2, 0.25) is 11.6 Å². The molecule has 1 aliphatic rings. The van der Waals surface area contributed by atoms with E-state index in [-0.39, 0.29) is 35.4 Å². The fourth-order valence-electron chi connectivity index (χ4n) is 4.08. The molecule has 0 aromatic carbocycles. The van der Waals surface area contributed by atoms with E-state index in [1.165, 1.54) is 17.9 Å². The second kappa shape index (κ2) is 9.63. The molecule has 0 unspecified atom stereocenters. The van der Waals surface area contributed by atoms with Crippen LogP contribution in [0.4, 0.5) is 11.7 Å². The minimum absolute atomic E-state index is 0.0215. The molecule has 2 N–H and O–H groups in total. The maximum absolute atomic E-state index is 13.1. The second-order valence-corrected chi connectivity index (χ2v) is 8.86. The number of oxazole rings is 1. The Kier molecular flexibility index (Phi) is 6.61. The predicted octanol–water partition coefficient (Wildman–Crippen LogP) is 0.910. The lowest BCUT2D eigenvalue weighted by molar-refractivity contribution is 0.0923. The van der Waals surface area contributed by atoms with Gasteiger partial charge < -0.3 is 19.5 Å². The summed E-state index contributed by atoms with van der Waals surface area (Å²) in [5.41, 5.74) is 4.88. The normalized spacial score (nSPS) is 14.4. The molecule has 0 aliphatic carbocycles. The zero-order valence-corrected chi connectivity index (χ0v) is 19.9. The van der Waals surface area contributed by atoms with E-state index in [1.54, 1.807) is 12.1 Å². The molecule has 0 atom stereocenters. The highest BCUT2D eigenvalue weighted by Gasteiger charge is 2.28. The topological polar surface area (TPSA) is 157 Å². The Morgan fingerprint density at radius 3 is 2.57 bits per heavy atom. The molecule has 1 fully saturated rings. The molecular weight excluding hydrogens is 454 g/mol. The van der Waals surface area contributed by atoms with Crippen LogP contribution in [0.15, 0.2) is 36.8 Å². The van der Waals surface area contributed by atoms with Gasteiger partial charge in [0.1, 0.15) is 17.5 Å². The summed E-state index contributed by atoms with van der Waals surface area (Å²) in [6.45, 7) is 6.05. The minimum atomic E-state index is -0.693. The van der Waals surface area contributed by atoms with E-state index >= 15 is 0 Å². The molecule has 3 aromatic heterocycles. The lowest BCUT2D eigenvalue weighted by Gasteiger charge is -2.34. The van der Waals surface area contributed by atoms with Gasteiger partial charge in [-0.3, -0.25) is 23.6 Å². The van der Waals surface area contributed by atoms with Crippen LogP contribution in [0, 0.1) is 17.2 Å². The van der Waals surface area contributed by atoms with Crippen molar-refractivity contribution in [3.8, 4) is 17.7 Å². The first-order chi connectivity index (χ1) is 16.7. The quantitative estimate of drug-likeness (QED) is 0.481. The van der Waals surface area contributed by atoms with Crippen molar-refractivity contribution in [1.82, 2.24) is 19.0 Å². The van der Waals surface area contributed by atoms with Gasteiger partial charge in [0.25, 0.3) is 11.4 Å². The Bertz CT molecular complexity index is 1380. The number of aromatic nitrogens is 3. The lowest BCUT2D eigenvalue weighted by Crippen LogP contribution is -2.49. The van der Waals surface area contributed by atoms with Crippen molar-refractivity contribution in [2.75, 3.05) is 43.4 Å². The van der Waals surface area contributed by atoms with Crippen molar-refractivity contribution in [2.24, 2.45) is 13.0 Å². The number of furan rings is 1. The zero-order valence-electron chi connectivity index (χ0n) is 19.9. The van der Waals surface area contributed by atoms with Crippen molar-refractivity contribution >= 4 is 17.5 Å². The summed E-state index contributed by atoms with van der Waals surface area (Å²) in [6.07, 6.45) is 1.50. The van der Waals surface area contributed by atoms with Crippen LogP contribution in [0.25, 0.3) is 11.7 Å². The molecule has 12 nitrogen and oxygen atoms in total. The number of ketones is 1. The van der Waals surface area contributed by atoms with Crippen molar-refractivity contribution < 1.29 is 13.6 Å². The highest BCUT2D eigenvalue weighted by molar-refractivity contribution is 6.01. The van der Waals surface area contributed by atoms with Crippen molar-refractivity contribution in [2.45, 2.75) is 20.4 Å². The number of nitrogens with zero attached hydrogens (tertiary/aromatic N) is 6. The number of Topliss-reactive ketones (excluding diaryl/α,β-unsaturated/α-hetero) is 1. The summed E-state index contributed by atoms with van der Waals surface area (Å²) in [5, 5.41) is 9.48. The summed E-state index contributed by atoms with van der Waals surface area (Å²) < 4.78 is 13.3. The largest absolute Gasteiger partial charge is 0.459 e. The molecule has 0 saturated carbocycles. The van der Waals surface area contributed by atoms with E-state index in [4.69, 9.17) is 14.6 Å². The molecule has 12 heteroatoms. The molecule has 0 radical (unpaired) electrons.